The molecule has 1 amide bonds. The van der Waals surface area contributed by atoms with Crippen molar-refractivity contribution in [1.29, 1.82) is 0 Å². The zero-order valence-electron chi connectivity index (χ0n) is 12.3. The zero-order valence-corrected chi connectivity index (χ0v) is 13.1. The van der Waals surface area contributed by atoms with Gasteiger partial charge in [-0.05, 0) is 38.4 Å². The number of hydrogen-bond acceptors (Lipinski definition) is 3. The Morgan fingerprint density at radius 2 is 2.19 bits per heavy atom. The zero-order chi connectivity index (χ0) is 14.8. The van der Waals surface area contributed by atoms with Crippen LogP contribution >= 0.6 is 11.6 Å². The summed E-state index contributed by atoms with van der Waals surface area (Å²) in [5.41, 5.74) is 0.817. The molecule has 0 bridgehead atoms. The lowest BCUT2D eigenvalue weighted by Crippen LogP contribution is -2.43. The van der Waals surface area contributed by atoms with E-state index in [1.807, 2.05) is 31.3 Å². The Bertz CT molecular complexity index is 517. The van der Waals surface area contributed by atoms with Gasteiger partial charge in [0.05, 0.1) is 22.9 Å². The summed E-state index contributed by atoms with van der Waals surface area (Å²) in [6.45, 7) is 2.40. The van der Waals surface area contributed by atoms with Gasteiger partial charge in [0.1, 0.15) is 0 Å². The van der Waals surface area contributed by atoms with Gasteiger partial charge in [-0.2, -0.15) is 0 Å². The fraction of sp³-hybridized carbons (Fsp3) is 0.562. The minimum absolute atomic E-state index is 0.0644. The van der Waals surface area contributed by atoms with Gasteiger partial charge in [0.2, 0.25) is 5.91 Å². The predicted molar refractivity (Wildman–Crippen MR) is 83.8 cm³/mol. The minimum atomic E-state index is -0.0644. The fourth-order valence-corrected chi connectivity index (χ4v) is 3.46. The third-order valence-corrected chi connectivity index (χ3v) is 4.69. The Morgan fingerprint density at radius 1 is 1.38 bits per heavy atom. The van der Waals surface area contributed by atoms with E-state index in [-0.39, 0.29) is 18.1 Å². The molecule has 1 aromatic carbocycles. The quantitative estimate of drug-likeness (QED) is 0.857. The Balaban J connectivity index is 1.67. The first kappa shape index (κ1) is 14.8. The first-order valence-electron chi connectivity index (χ1n) is 7.54. The average Bonchev–Trinajstić information content (AvgIpc) is 3.09. The summed E-state index contributed by atoms with van der Waals surface area (Å²) in [6.07, 6.45) is 3.34. The number of likely N-dealkylation sites (N-methyl/N-ethyl adjacent to an activating group) is 1. The maximum Gasteiger partial charge on any atom is 0.244 e. The summed E-state index contributed by atoms with van der Waals surface area (Å²) < 4.78 is 5.66. The summed E-state index contributed by atoms with van der Waals surface area (Å²) >= 11 is 6.21. The molecule has 1 aromatic rings. The minimum Gasteiger partial charge on any atom is -0.377 e. The lowest BCUT2D eigenvalue weighted by molar-refractivity contribution is -0.121. The Hall–Kier alpha value is -1.10. The molecule has 0 aromatic heterocycles. The number of rotatable bonds is 4. The highest BCUT2D eigenvalue weighted by Gasteiger charge is 2.36. The highest BCUT2D eigenvalue weighted by Crippen LogP contribution is 2.30. The normalized spacial score (nSPS) is 26.0. The molecule has 3 rings (SSSR count). The number of carbonyl (C=O) groups excluding carboxylic acids is 1. The van der Waals surface area contributed by atoms with Gasteiger partial charge in [0.15, 0.2) is 0 Å². The number of anilines is 1. The second-order valence-corrected chi connectivity index (χ2v) is 6.23. The third-order valence-electron chi connectivity index (χ3n) is 4.37. The number of para-hydroxylation sites is 1. The standard InChI is InChI=1S/C16H21ClN2O2/c1-18(11-12-5-4-10-21-12)15-8-9-19(16(15)20)14-7-3-2-6-13(14)17/h2-3,6-7,12,15H,4-5,8-11H2,1H3. The van der Waals surface area contributed by atoms with E-state index in [1.165, 1.54) is 0 Å². The van der Waals surface area contributed by atoms with Crippen LogP contribution in [-0.4, -0.2) is 49.7 Å². The van der Waals surface area contributed by atoms with E-state index in [9.17, 15) is 4.79 Å². The maximum atomic E-state index is 12.7. The van der Waals surface area contributed by atoms with E-state index in [4.69, 9.17) is 16.3 Å². The Kier molecular flexibility index (Phi) is 4.48. The van der Waals surface area contributed by atoms with Crippen LogP contribution in [0.5, 0.6) is 0 Å². The molecule has 2 fully saturated rings. The van der Waals surface area contributed by atoms with Gasteiger partial charge >= 0.3 is 0 Å². The highest BCUT2D eigenvalue weighted by molar-refractivity contribution is 6.33. The molecule has 5 heteroatoms. The molecule has 2 unspecified atom stereocenters. The third kappa shape index (κ3) is 3.07. The van der Waals surface area contributed by atoms with Crippen molar-refractivity contribution in [3.05, 3.63) is 29.3 Å². The van der Waals surface area contributed by atoms with Crippen LogP contribution in [0.25, 0.3) is 0 Å². The monoisotopic (exact) mass is 308 g/mol. The van der Waals surface area contributed by atoms with Crippen molar-refractivity contribution >= 4 is 23.2 Å². The summed E-state index contributed by atoms with van der Waals surface area (Å²) in [7, 11) is 2.01. The lowest BCUT2D eigenvalue weighted by Gasteiger charge is -2.26. The van der Waals surface area contributed by atoms with E-state index in [2.05, 4.69) is 4.90 Å². The second-order valence-electron chi connectivity index (χ2n) is 5.82. The van der Waals surface area contributed by atoms with E-state index < -0.39 is 0 Å². The number of carbonyl (C=O) groups is 1. The van der Waals surface area contributed by atoms with E-state index in [0.717, 1.165) is 44.6 Å². The molecule has 0 spiro atoms. The van der Waals surface area contributed by atoms with Gasteiger partial charge in [-0.15, -0.1) is 0 Å². The van der Waals surface area contributed by atoms with E-state index >= 15 is 0 Å². The summed E-state index contributed by atoms with van der Waals surface area (Å²) in [5.74, 6) is 0.142. The SMILES string of the molecule is CN(CC1CCCO1)C1CCN(c2ccccc2Cl)C1=O. The van der Waals surface area contributed by atoms with Crippen LogP contribution in [-0.2, 0) is 9.53 Å². The Morgan fingerprint density at radius 3 is 2.90 bits per heavy atom. The number of benzene rings is 1. The van der Waals surface area contributed by atoms with Crippen molar-refractivity contribution in [2.24, 2.45) is 0 Å². The van der Waals surface area contributed by atoms with Crippen molar-refractivity contribution in [2.75, 3.05) is 31.6 Å². The van der Waals surface area contributed by atoms with Crippen molar-refractivity contribution in [3.63, 3.8) is 0 Å². The molecule has 0 aliphatic carbocycles. The van der Waals surface area contributed by atoms with Crippen LogP contribution in [0.2, 0.25) is 5.02 Å². The topological polar surface area (TPSA) is 32.8 Å². The lowest BCUT2D eigenvalue weighted by atomic mass is 10.2. The average molecular weight is 309 g/mol. The molecule has 2 aliphatic rings. The van der Waals surface area contributed by atoms with Crippen LogP contribution in [0.3, 0.4) is 0 Å². The molecule has 114 valence electrons. The molecule has 0 radical (unpaired) electrons. The number of ether oxygens (including phenoxy) is 1. The van der Waals surface area contributed by atoms with Crippen LogP contribution in [0, 0.1) is 0 Å². The number of hydrogen-bond donors (Lipinski definition) is 0. The molecular formula is C16H21ClN2O2. The smallest absolute Gasteiger partial charge is 0.244 e. The second kappa shape index (κ2) is 6.34. The molecule has 4 nitrogen and oxygen atoms in total. The van der Waals surface area contributed by atoms with Crippen molar-refractivity contribution in [2.45, 2.75) is 31.4 Å². The van der Waals surface area contributed by atoms with Crippen molar-refractivity contribution in [3.8, 4) is 0 Å². The first-order valence-corrected chi connectivity index (χ1v) is 7.92. The molecular weight excluding hydrogens is 288 g/mol. The molecule has 21 heavy (non-hydrogen) atoms. The predicted octanol–water partition coefficient (Wildman–Crippen LogP) is 2.56. The van der Waals surface area contributed by atoms with Gasteiger partial charge < -0.3 is 9.64 Å². The molecule has 2 heterocycles. The van der Waals surface area contributed by atoms with Gasteiger partial charge in [-0.3, -0.25) is 9.69 Å². The van der Waals surface area contributed by atoms with Gasteiger partial charge in [-0.25, -0.2) is 0 Å². The maximum absolute atomic E-state index is 12.7. The molecule has 2 saturated heterocycles. The first-order chi connectivity index (χ1) is 10.2. The number of halogens is 1. The van der Waals surface area contributed by atoms with Crippen molar-refractivity contribution in [1.82, 2.24) is 4.90 Å². The van der Waals surface area contributed by atoms with Crippen LogP contribution < -0.4 is 4.90 Å². The summed E-state index contributed by atoms with van der Waals surface area (Å²) in [5, 5.41) is 0.633. The number of nitrogens with zero attached hydrogens (tertiary/aromatic N) is 2. The summed E-state index contributed by atoms with van der Waals surface area (Å²) in [6, 6.07) is 7.46. The van der Waals surface area contributed by atoms with Crippen LogP contribution in [0.4, 0.5) is 5.69 Å². The van der Waals surface area contributed by atoms with Crippen LogP contribution in [0.1, 0.15) is 19.3 Å². The number of amides is 1. The van der Waals surface area contributed by atoms with Crippen LogP contribution in [0.15, 0.2) is 24.3 Å². The molecule has 0 N–H and O–H groups in total. The van der Waals surface area contributed by atoms with E-state index in [0.29, 0.717) is 5.02 Å². The fourth-order valence-electron chi connectivity index (χ4n) is 3.22. The highest BCUT2D eigenvalue weighted by atomic mass is 35.5. The Labute approximate surface area is 130 Å². The van der Waals surface area contributed by atoms with Gasteiger partial charge in [0.25, 0.3) is 0 Å². The largest absolute Gasteiger partial charge is 0.377 e. The van der Waals surface area contributed by atoms with Gasteiger partial charge in [0, 0.05) is 19.7 Å². The molecule has 2 atom stereocenters. The molecule has 0 saturated carbocycles. The summed E-state index contributed by atoms with van der Waals surface area (Å²) in [4.78, 5) is 16.6. The molecule has 2 aliphatic heterocycles. The van der Waals surface area contributed by atoms with E-state index in [1.54, 1.807) is 4.90 Å². The van der Waals surface area contributed by atoms with Crippen molar-refractivity contribution < 1.29 is 9.53 Å². The van der Waals surface area contributed by atoms with Gasteiger partial charge in [-0.1, -0.05) is 23.7 Å².